The van der Waals surface area contributed by atoms with Gasteiger partial charge >= 0.3 is 0 Å². The number of aryl methyl sites for hydroxylation is 1. The highest BCUT2D eigenvalue weighted by Crippen LogP contribution is 2.33. The molecule has 1 aliphatic heterocycles. The molecule has 0 spiro atoms. The summed E-state index contributed by atoms with van der Waals surface area (Å²) in [7, 11) is 2.11. The van der Waals surface area contributed by atoms with Crippen LogP contribution in [0.25, 0.3) is 0 Å². The van der Waals surface area contributed by atoms with E-state index >= 15 is 0 Å². The minimum atomic E-state index is 0.722. The SMILES string of the molecule is Cn1nc(C2CCNCC2)c2c1CCC2. The molecule has 1 aliphatic carbocycles. The molecule has 3 heteroatoms. The van der Waals surface area contributed by atoms with Crippen molar-refractivity contribution >= 4 is 0 Å². The second-order valence-corrected chi connectivity index (χ2v) is 4.81. The summed E-state index contributed by atoms with van der Waals surface area (Å²) in [6, 6.07) is 0. The van der Waals surface area contributed by atoms with Gasteiger partial charge in [-0.05, 0) is 50.8 Å². The van der Waals surface area contributed by atoms with Gasteiger partial charge in [-0.15, -0.1) is 0 Å². The summed E-state index contributed by atoms with van der Waals surface area (Å²) in [6.07, 6.45) is 6.37. The Balaban J connectivity index is 1.93. The maximum absolute atomic E-state index is 4.74. The van der Waals surface area contributed by atoms with E-state index in [1.807, 2.05) is 0 Å². The minimum absolute atomic E-state index is 0.722. The molecule has 0 unspecified atom stereocenters. The van der Waals surface area contributed by atoms with Crippen molar-refractivity contribution in [1.29, 1.82) is 0 Å². The molecule has 15 heavy (non-hydrogen) atoms. The lowest BCUT2D eigenvalue weighted by Crippen LogP contribution is -2.27. The van der Waals surface area contributed by atoms with E-state index in [0.717, 1.165) is 19.0 Å². The summed E-state index contributed by atoms with van der Waals surface area (Å²) < 4.78 is 2.12. The highest BCUT2D eigenvalue weighted by atomic mass is 15.3. The van der Waals surface area contributed by atoms with Crippen LogP contribution in [0, 0.1) is 0 Å². The average Bonchev–Trinajstić information content (AvgIpc) is 2.84. The fourth-order valence-electron chi connectivity index (χ4n) is 3.07. The third kappa shape index (κ3) is 1.49. The van der Waals surface area contributed by atoms with Crippen molar-refractivity contribution in [1.82, 2.24) is 15.1 Å². The molecular formula is C12H19N3. The van der Waals surface area contributed by atoms with E-state index in [-0.39, 0.29) is 0 Å². The monoisotopic (exact) mass is 205 g/mol. The molecular weight excluding hydrogens is 186 g/mol. The lowest BCUT2D eigenvalue weighted by Gasteiger charge is -2.21. The number of aromatic nitrogens is 2. The zero-order chi connectivity index (χ0) is 10.3. The van der Waals surface area contributed by atoms with Gasteiger partial charge < -0.3 is 5.32 Å². The van der Waals surface area contributed by atoms with Gasteiger partial charge in [-0.3, -0.25) is 4.68 Å². The van der Waals surface area contributed by atoms with Gasteiger partial charge in [0.05, 0.1) is 5.69 Å². The van der Waals surface area contributed by atoms with Gasteiger partial charge in [0.15, 0.2) is 0 Å². The molecule has 0 atom stereocenters. The van der Waals surface area contributed by atoms with E-state index in [2.05, 4.69) is 17.0 Å². The van der Waals surface area contributed by atoms with Crippen LogP contribution in [0.4, 0.5) is 0 Å². The first-order valence-electron chi connectivity index (χ1n) is 6.11. The maximum Gasteiger partial charge on any atom is 0.0691 e. The van der Waals surface area contributed by atoms with Gasteiger partial charge in [-0.25, -0.2) is 0 Å². The molecule has 1 fully saturated rings. The zero-order valence-electron chi connectivity index (χ0n) is 9.42. The molecule has 82 valence electrons. The molecule has 0 saturated carbocycles. The molecule has 0 amide bonds. The quantitative estimate of drug-likeness (QED) is 0.750. The van der Waals surface area contributed by atoms with Crippen LogP contribution in [0.3, 0.4) is 0 Å². The Morgan fingerprint density at radius 3 is 2.87 bits per heavy atom. The van der Waals surface area contributed by atoms with Crippen LogP contribution >= 0.6 is 0 Å². The van der Waals surface area contributed by atoms with Crippen LogP contribution < -0.4 is 5.32 Å². The van der Waals surface area contributed by atoms with Crippen LogP contribution in [0.1, 0.15) is 42.1 Å². The molecule has 1 aromatic heterocycles. The predicted molar refractivity (Wildman–Crippen MR) is 60.1 cm³/mol. The Morgan fingerprint density at radius 1 is 1.27 bits per heavy atom. The fourth-order valence-corrected chi connectivity index (χ4v) is 3.07. The lowest BCUT2D eigenvalue weighted by molar-refractivity contribution is 0.447. The van der Waals surface area contributed by atoms with Gasteiger partial charge in [-0.1, -0.05) is 0 Å². The summed E-state index contributed by atoms with van der Waals surface area (Å²) in [5.41, 5.74) is 4.51. The topological polar surface area (TPSA) is 29.9 Å². The Hall–Kier alpha value is -0.830. The number of piperidine rings is 1. The van der Waals surface area contributed by atoms with Gasteiger partial charge in [0.25, 0.3) is 0 Å². The largest absolute Gasteiger partial charge is 0.317 e. The molecule has 1 N–H and O–H groups in total. The third-order valence-electron chi connectivity index (χ3n) is 3.87. The number of nitrogens with one attached hydrogen (secondary N) is 1. The van der Waals surface area contributed by atoms with Gasteiger partial charge in [0.2, 0.25) is 0 Å². The second-order valence-electron chi connectivity index (χ2n) is 4.81. The standard InChI is InChI=1S/C12H19N3/c1-15-11-4-2-3-10(11)12(14-15)9-5-7-13-8-6-9/h9,13H,2-8H2,1H3. The lowest BCUT2D eigenvalue weighted by atomic mass is 9.92. The molecule has 0 aromatic carbocycles. The molecule has 0 radical (unpaired) electrons. The minimum Gasteiger partial charge on any atom is -0.317 e. The molecule has 2 aliphatic rings. The van der Waals surface area contributed by atoms with Crippen molar-refractivity contribution in [3.8, 4) is 0 Å². The van der Waals surface area contributed by atoms with Crippen LogP contribution in [0.2, 0.25) is 0 Å². The molecule has 1 saturated heterocycles. The Morgan fingerprint density at radius 2 is 2.07 bits per heavy atom. The van der Waals surface area contributed by atoms with Gasteiger partial charge in [0.1, 0.15) is 0 Å². The number of rotatable bonds is 1. The summed E-state index contributed by atoms with van der Waals surface area (Å²) in [5, 5.41) is 8.17. The van der Waals surface area contributed by atoms with Crippen LogP contribution in [-0.4, -0.2) is 22.9 Å². The fraction of sp³-hybridized carbons (Fsp3) is 0.750. The van der Waals surface area contributed by atoms with E-state index in [1.165, 1.54) is 43.5 Å². The van der Waals surface area contributed by atoms with Gasteiger partial charge in [0, 0.05) is 18.7 Å². The molecule has 2 heterocycles. The third-order valence-corrected chi connectivity index (χ3v) is 3.87. The summed E-state index contributed by atoms with van der Waals surface area (Å²) in [6.45, 7) is 2.33. The summed E-state index contributed by atoms with van der Waals surface area (Å²) in [4.78, 5) is 0. The predicted octanol–water partition coefficient (Wildman–Crippen LogP) is 1.38. The molecule has 3 nitrogen and oxygen atoms in total. The van der Waals surface area contributed by atoms with Crippen molar-refractivity contribution in [3.05, 3.63) is 17.0 Å². The maximum atomic E-state index is 4.74. The van der Waals surface area contributed by atoms with Gasteiger partial charge in [-0.2, -0.15) is 5.10 Å². The number of nitrogens with zero attached hydrogens (tertiary/aromatic N) is 2. The first kappa shape index (κ1) is 9.40. The number of hydrogen-bond acceptors (Lipinski definition) is 2. The second kappa shape index (κ2) is 3.63. The van der Waals surface area contributed by atoms with E-state index in [4.69, 9.17) is 5.10 Å². The average molecular weight is 205 g/mol. The highest BCUT2D eigenvalue weighted by Gasteiger charge is 2.26. The van der Waals surface area contributed by atoms with E-state index < -0.39 is 0 Å². The van der Waals surface area contributed by atoms with E-state index in [1.54, 1.807) is 5.56 Å². The highest BCUT2D eigenvalue weighted by molar-refractivity contribution is 5.33. The summed E-state index contributed by atoms with van der Waals surface area (Å²) in [5.74, 6) is 0.722. The van der Waals surface area contributed by atoms with Crippen molar-refractivity contribution in [2.75, 3.05) is 13.1 Å². The van der Waals surface area contributed by atoms with Crippen molar-refractivity contribution in [2.45, 2.75) is 38.0 Å². The van der Waals surface area contributed by atoms with Crippen LogP contribution in [0.5, 0.6) is 0 Å². The Kier molecular flexibility index (Phi) is 2.28. The molecule has 0 bridgehead atoms. The normalized spacial score (nSPS) is 21.9. The first-order valence-corrected chi connectivity index (χ1v) is 6.11. The van der Waals surface area contributed by atoms with Crippen LogP contribution in [0.15, 0.2) is 0 Å². The number of fused-ring (bicyclic) bond motifs is 1. The smallest absolute Gasteiger partial charge is 0.0691 e. The van der Waals surface area contributed by atoms with Crippen LogP contribution in [-0.2, 0) is 19.9 Å². The van der Waals surface area contributed by atoms with E-state index in [0.29, 0.717) is 0 Å². The first-order chi connectivity index (χ1) is 7.36. The van der Waals surface area contributed by atoms with E-state index in [9.17, 15) is 0 Å². The zero-order valence-corrected chi connectivity index (χ0v) is 9.42. The Labute approximate surface area is 90.9 Å². The van der Waals surface area contributed by atoms with Crippen molar-refractivity contribution in [2.24, 2.45) is 7.05 Å². The molecule has 1 aromatic rings. The summed E-state index contributed by atoms with van der Waals surface area (Å²) >= 11 is 0. The number of hydrogen-bond donors (Lipinski definition) is 1. The van der Waals surface area contributed by atoms with Crippen molar-refractivity contribution in [3.63, 3.8) is 0 Å². The Bertz CT molecular complexity index is 361. The van der Waals surface area contributed by atoms with Crippen molar-refractivity contribution < 1.29 is 0 Å². The molecule has 3 rings (SSSR count).